The average Bonchev–Trinajstić information content (AvgIpc) is 3.28. The van der Waals surface area contributed by atoms with Gasteiger partial charge in [-0.2, -0.15) is 0 Å². The largest absolute Gasteiger partial charge is 0.371 e. The van der Waals surface area contributed by atoms with Gasteiger partial charge in [0.15, 0.2) is 40.5 Å². The van der Waals surface area contributed by atoms with Gasteiger partial charge in [0.25, 0.3) is 0 Å². The van der Waals surface area contributed by atoms with E-state index in [2.05, 4.69) is 0 Å². The van der Waals surface area contributed by atoms with Crippen LogP contribution in [0.2, 0.25) is 0 Å². The second-order valence-corrected chi connectivity index (χ2v) is 9.83. The van der Waals surface area contributed by atoms with Gasteiger partial charge in [-0.25, -0.2) is 0 Å². The Labute approximate surface area is 218 Å². The highest BCUT2D eigenvalue weighted by Crippen LogP contribution is 2.32. The number of ketones is 7. The van der Waals surface area contributed by atoms with Crippen LogP contribution in [0.1, 0.15) is 85.0 Å². The van der Waals surface area contributed by atoms with E-state index in [4.69, 9.17) is 9.47 Å². The Morgan fingerprint density at radius 2 is 0.947 bits per heavy atom. The van der Waals surface area contributed by atoms with Crippen LogP contribution < -0.4 is 0 Å². The third-order valence-corrected chi connectivity index (χ3v) is 6.44. The number of benzene rings is 2. The Hall–Kier alpha value is -3.95. The van der Waals surface area contributed by atoms with Crippen LogP contribution in [0.25, 0.3) is 0 Å². The zero-order valence-electron chi connectivity index (χ0n) is 21.4. The normalized spacial score (nSPS) is 18.4. The smallest absolute Gasteiger partial charge is 0.193 e. The van der Waals surface area contributed by atoms with Gasteiger partial charge in [0.05, 0.1) is 12.2 Å². The van der Waals surface area contributed by atoms with Crippen LogP contribution in [0.4, 0.5) is 0 Å². The number of carbonyl (C=O) groups excluding carboxylic acids is 7. The van der Waals surface area contributed by atoms with Crippen molar-refractivity contribution in [2.45, 2.75) is 39.9 Å². The molecule has 2 aliphatic carbocycles. The molecule has 4 rings (SSSR count). The van der Waals surface area contributed by atoms with Crippen molar-refractivity contribution in [3.8, 4) is 0 Å². The summed E-state index contributed by atoms with van der Waals surface area (Å²) in [5.41, 5.74) is 0.152. The summed E-state index contributed by atoms with van der Waals surface area (Å²) in [5, 5.41) is 0. The number of fused-ring (bicyclic) bond motifs is 2. The zero-order chi connectivity index (χ0) is 27.9. The fourth-order valence-corrected chi connectivity index (χ4v) is 4.48. The van der Waals surface area contributed by atoms with E-state index in [0.717, 1.165) is 0 Å². The molecule has 0 amide bonds. The first kappa shape index (κ1) is 27.1. The lowest BCUT2D eigenvalue weighted by Gasteiger charge is -2.09. The van der Waals surface area contributed by atoms with Crippen LogP contribution in [0.3, 0.4) is 0 Å². The summed E-state index contributed by atoms with van der Waals surface area (Å²) in [6.07, 6.45) is -0.512. The topological polar surface area (TPSA) is 138 Å². The van der Waals surface area contributed by atoms with Crippen molar-refractivity contribution >= 4 is 40.5 Å². The maximum atomic E-state index is 13.2. The molecule has 0 radical (unpaired) electrons. The molecule has 2 aromatic carbocycles. The van der Waals surface area contributed by atoms with Gasteiger partial charge in [0.2, 0.25) is 0 Å². The maximum Gasteiger partial charge on any atom is 0.193 e. The molecule has 38 heavy (non-hydrogen) atoms. The summed E-state index contributed by atoms with van der Waals surface area (Å²) in [5.74, 6) is -7.55. The fraction of sp³-hybridized carbons (Fsp3) is 0.345. The predicted octanol–water partition coefficient (Wildman–Crippen LogP) is 2.90. The molecule has 0 aromatic heterocycles. The van der Waals surface area contributed by atoms with Crippen molar-refractivity contribution < 1.29 is 43.0 Å². The standard InChI is InChI=1S/C29H26O9/c1-13(2)37-11-21(30)23-26(33)17-7-5-15(9-19(17)28(23)35)25(32)16-6-8-18-20(10-16)29(36)24(27(18)34)22(31)12-38-14(3)4/h5-10,13-14,23-24H,11-12H2,1-4H3. The first-order chi connectivity index (χ1) is 17.9. The SMILES string of the molecule is CC(C)OCC(=O)C1C(=O)c2ccc(C(=O)c3ccc4c(c3)C(=O)C(C(=O)COC(C)C)C4=O)cc2C1=O. The van der Waals surface area contributed by atoms with Crippen LogP contribution >= 0.6 is 0 Å². The van der Waals surface area contributed by atoms with E-state index >= 15 is 0 Å². The van der Waals surface area contributed by atoms with Crippen molar-refractivity contribution in [2.24, 2.45) is 11.8 Å². The van der Waals surface area contributed by atoms with Gasteiger partial charge in [-0.3, -0.25) is 33.6 Å². The van der Waals surface area contributed by atoms with Crippen LogP contribution in [0, 0.1) is 11.8 Å². The predicted molar refractivity (Wildman–Crippen MR) is 133 cm³/mol. The molecule has 2 aromatic rings. The molecule has 0 aliphatic heterocycles. The van der Waals surface area contributed by atoms with Crippen molar-refractivity contribution in [3.05, 3.63) is 69.8 Å². The van der Waals surface area contributed by atoms with Gasteiger partial charge in [0, 0.05) is 33.4 Å². The van der Waals surface area contributed by atoms with Crippen molar-refractivity contribution in [1.82, 2.24) is 0 Å². The zero-order valence-corrected chi connectivity index (χ0v) is 21.4. The van der Waals surface area contributed by atoms with Crippen LogP contribution in [-0.4, -0.2) is 65.9 Å². The lowest BCUT2D eigenvalue weighted by atomic mass is 9.96. The number of carbonyl (C=O) groups is 7. The van der Waals surface area contributed by atoms with E-state index in [1.165, 1.54) is 36.4 Å². The Kier molecular flexibility index (Phi) is 7.44. The summed E-state index contributed by atoms with van der Waals surface area (Å²) < 4.78 is 10.5. The molecule has 0 saturated heterocycles. The van der Waals surface area contributed by atoms with E-state index in [0.29, 0.717) is 0 Å². The molecular formula is C29H26O9. The van der Waals surface area contributed by atoms with E-state index in [1.807, 2.05) is 0 Å². The Morgan fingerprint density at radius 1 is 0.605 bits per heavy atom. The molecule has 0 heterocycles. The second-order valence-electron chi connectivity index (χ2n) is 9.83. The highest BCUT2D eigenvalue weighted by Gasteiger charge is 2.45. The van der Waals surface area contributed by atoms with Crippen molar-refractivity contribution in [3.63, 3.8) is 0 Å². The number of rotatable bonds is 10. The van der Waals surface area contributed by atoms with Gasteiger partial charge in [-0.1, -0.05) is 12.1 Å². The lowest BCUT2D eigenvalue weighted by molar-refractivity contribution is -0.127. The molecule has 0 N–H and O–H groups in total. The first-order valence-electron chi connectivity index (χ1n) is 12.2. The van der Waals surface area contributed by atoms with E-state index in [9.17, 15) is 33.6 Å². The first-order valence-corrected chi connectivity index (χ1v) is 12.2. The Balaban J connectivity index is 1.57. The van der Waals surface area contributed by atoms with Gasteiger partial charge in [0.1, 0.15) is 25.0 Å². The molecule has 2 aliphatic rings. The average molecular weight is 519 g/mol. The van der Waals surface area contributed by atoms with E-state index in [-0.39, 0.29) is 58.8 Å². The Morgan fingerprint density at radius 3 is 1.29 bits per heavy atom. The number of hydrogen-bond donors (Lipinski definition) is 0. The highest BCUT2D eigenvalue weighted by atomic mass is 16.5. The molecule has 2 unspecified atom stereocenters. The highest BCUT2D eigenvalue weighted by molar-refractivity contribution is 6.37. The van der Waals surface area contributed by atoms with Crippen LogP contribution in [0.5, 0.6) is 0 Å². The summed E-state index contributed by atoms with van der Waals surface area (Å²) in [6.45, 7) is 6.13. The third-order valence-electron chi connectivity index (χ3n) is 6.44. The van der Waals surface area contributed by atoms with Gasteiger partial charge < -0.3 is 9.47 Å². The quantitative estimate of drug-likeness (QED) is 0.343. The summed E-state index contributed by atoms with van der Waals surface area (Å²) in [6, 6.07) is 7.88. The van der Waals surface area contributed by atoms with Crippen molar-refractivity contribution in [1.29, 1.82) is 0 Å². The minimum atomic E-state index is -1.51. The minimum absolute atomic E-state index is 0.0352. The maximum absolute atomic E-state index is 13.2. The van der Waals surface area contributed by atoms with Gasteiger partial charge >= 0.3 is 0 Å². The molecule has 0 fully saturated rings. The molecule has 0 saturated carbocycles. The van der Waals surface area contributed by atoms with Gasteiger partial charge in [-0.15, -0.1) is 0 Å². The molecule has 0 spiro atoms. The lowest BCUT2D eigenvalue weighted by Crippen LogP contribution is -2.29. The summed E-state index contributed by atoms with van der Waals surface area (Å²) in [7, 11) is 0. The van der Waals surface area contributed by atoms with Gasteiger partial charge in [-0.05, 0) is 52.0 Å². The molecular weight excluding hydrogens is 492 g/mol. The third kappa shape index (κ3) is 4.82. The molecule has 196 valence electrons. The van der Waals surface area contributed by atoms with Crippen LogP contribution in [-0.2, 0) is 19.1 Å². The van der Waals surface area contributed by atoms with Crippen molar-refractivity contribution in [2.75, 3.05) is 13.2 Å². The second kappa shape index (κ2) is 10.4. The molecule has 9 heteroatoms. The Bertz CT molecular complexity index is 1310. The number of hydrogen-bond acceptors (Lipinski definition) is 9. The summed E-state index contributed by atoms with van der Waals surface area (Å²) in [4.78, 5) is 89.4. The fourth-order valence-electron chi connectivity index (χ4n) is 4.48. The summed E-state index contributed by atoms with van der Waals surface area (Å²) >= 11 is 0. The molecule has 0 bridgehead atoms. The van der Waals surface area contributed by atoms with Crippen LogP contribution in [0.15, 0.2) is 36.4 Å². The van der Waals surface area contributed by atoms with E-state index in [1.54, 1.807) is 27.7 Å². The van der Waals surface area contributed by atoms with E-state index < -0.39 is 52.3 Å². The number of ether oxygens (including phenoxy) is 2. The molecule has 9 nitrogen and oxygen atoms in total. The minimum Gasteiger partial charge on any atom is -0.371 e. The molecule has 2 atom stereocenters. The monoisotopic (exact) mass is 518 g/mol. The number of Topliss-reactive ketones (excluding diaryl/α,β-unsaturated/α-hetero) is 6.